The minimum atomic E-state index is -1.10. The number of hydrogen-bond acceptors (Lipinski definition) is 5. The van der Waals surface area contributed by atoms with Crippen LogP contribution in [-0.2, 0) is 0 Å². The summed E-state index contributed by atoms with van der Waals surface area (Å²) in [5.41, 5.74) is 13.7. The number of nitrogens with two attached hydrogens (primary N) is 2. The highest BCUT2D eigenvalue weighted by molar-refractivity contribution is 5.96. The molecule has 3 aromatic carbocycles. The summed E-state index contributed by atoms with van der Waals surface area (Å²) in [7, 11) is 0. The average molecular weight is 348 g/mol. The molecule has 0 aliphatic carbocycles. The van der Waals surface area contributed by atoms with E-state index in [0.717, 1.165) is 0 Å². The van der Waals surface area contributed by atoms with E-state index in [1.165, 1.54) is 18.2 Å². The summed E-state index contributed by atoms with van der Waals surface area (Å²) in [6.45, 7) is 0. The van der Waals surface area contributed by atoms with Crippen LogP contribution in [0.25, 0.3) is 11.1 Å². The minimum absolute atomic E-state index is 0.0167. The highest BCUT2D eigenvalue weighted by Gasteiger charge is 2.15. The smallest absolute Gasteiger partial charge is 0.343 e. The van der Waals surface area contributed by atoms with Crippen LogP contribution in [0.1, 0.15) is 20.7 Å². The van der Waals surface area contributed by atoms with Gasteiger partial charge in [0.25, 0.3) is 0 Å². The first kappa shape index (κ1) is 17.0. The summed E-state index contributed by atoms with van der Waals surface area (Å²) < 4.78 is 5.51. The zero-order valence-corrected chi connectivity index (χ0v) is 13.7. The maximum Gasteiger partial charge on any atom is 0.343 e. The van der Waals surface area contributed by atoms with Gasteiger partial charge in [-0.2, -0.15) is 0 Å². The Balaban J connectivity index is 1.95. The number of esters is 1. The third kappa shape index (κ3) is 3.49. The molecule has 5 N–H and O–H groups in total. The fourth-order valence-corrected chi connectivity index (χ4v) is 2.54. The van der Waals surface area contributed by atoms with Crippen LogP contribution < -0.4 is 16.2 Å². The molecule has 3 rings (SSSR count). The van der Waals surface area contributed by atoms with Gasteiger partial charge in [-0.3, -0.25) is 0 Å². The zero-order chi connectivity index (χ0) is 18.7. The SMILES string of the molecule is Nc1cccc(C(=O)Oc2ccccc2-c2ccc(C(=O)O)c(N)c2)c1. The quantitative estimate of drug-likeness (QED) is 0.378. The van der Waals surface area contributed by atoms with Crippen molar-refractivity contribution in [2.75, 3.05) is 11.5 Å². The molecule has 0 aromatic heterocycles. The standard InChI is InChI=1S/C20H16N2O4/c21-14-5-3-4-13(10-14)20(25)26-18-7-2-1-6-15(18)12-8-9-16(19(23)24)17(22)11-12/h1-11H,21-22H2,(H,23,24). The van der Waals surface area contributed by atoms with E-state index < -0.39 is 11.9 Å². The van der Waals surface area contributed by atoms with Gasteiger partial charge in [-0.05, 0) is 42.0 Å². The van der Waals surface area contributed by atoms with Crippen molar-refractivity contribution in [3.8, 4) is 16.9 Å². The maximum absolute atomic E-state index is 12.4. The highest BCUT2D eigenvalue weighted by atomic mass is 16.5. The van der Waals surface area contributed by atoms with Crippen molar-refractivity contribution in [3.63, 3.8) is 0 Å². The second kappa shape index (κ2) is 6.98. The molecule has 0 aliphatic heterocycles. The first-order valence-corrected chi connectivity index (χ1v) is 7.75. The van der Waals surface area contributed by atoms with Crippen LogP contribution in [0.3, 0.4) is 0 Å². The van der Waals surface area contributed by atoms with Gasteiger partial charge in [0.1, 0.15) is 5.75 Å². The van der Waals surface area contributed by atoms with Gasteiger partial charge in [-0.15, -0.1) is 0 Å². The number of carboxylic acids is 1. The molecule has 0 amide bonds. The largest absolute Gasteiger partial charge is 0.478 e. The molecule has 6 heteroatoms. The van der Waals surface area contributed by atoms with Crippen LogP contribution in [0, 0.1) is 0 Å². The number of carbonyl (C=O) groups is 2. The van der Waals surface area contributed by atoms with Crippen molar-refractivity contribution in [2.24, 2.45) is 0 Å². The summed E-state index contributed by atoms with van der Waals surface area (Å²) in [6.07, 6.45) is 0. The van der Waals surface area contributed by atoms with E-state index in [4.69, 9.17) is 21.3 Å². The predicted octanol–water partition coefficient (Wildman–Crippen LogP) is 3.44. The molecule has 0 fully saturated rings. The normalized spacial score (nSPS) is 10.3. The van der Waals surface area contributed by atoms with Gasteiger partial charge in [0.2, 0.25) is 0 Å². The number of rotatable bonds is 4. The molecule has 0 radical (unpaired) electrons. The number of anilines is 2. The number of carboxylic acid groups (broad SMARTS) is 1. The van der Waals surface area contributed by atoms with E-state index in [1.807, 2.05) is 0 Å². The van der Waals surface area contributed by atoms with Crippen LogP contribution in [0.15, 0.2) is 66.7 Å². The number of ether oxygens (including phenoxy) is 1. The Bertz CT molecular complexity index is 999. The number of nitrogen functional groups attached to an aromatic ring is 2. The van der Waals surface area contributed by atoms with E-state index in [-0.39, 0.29) is 11.3 Å². The predicted molar refractivity (Wildman–Crippen MR) is 99.1 cm³/mol. The van der Waals surface area contributed by atoms with Crippen molar-refractivity contribution in [3.05, 3.63) is 77.9 Å². The first-order chi connectivity index (χ1) is 12.5. The Morgan fingerprint density at radius 1 is 0.885 bits per heavy atom. The summed E-state index contributed by atoms with van der Waals surface area (Å²) in [5.74, 6) is -1.31. The number of benzene rings is 3. The second-order valence-electron chi connectivity index (χ2n) is 5.62. The van der Waals surface area contributed by atoms with E-state index in [1.54, 1.807) is 48.5 Å². The Kier molecular flexibility index (Phi) is 4.57. The minimum Gasteiger partial charge on any atom is -0.478 e. The van der Waals surface area contributed by atoms with Gasteiger partial charge in [0.15, 0.2) is 0 Å². The summed E-state index contributed by atoms with van der Waals surface area (Å²) in [5, 5.41) is 9.09. The Hall–Kier alpha value is -3.80. The third-order valence-corrected chi connectivity index (χ3v) is 3.81. The lowest BCUT2D eigenvalue weighted by atomic mass is 10.0. The van der Waals surface area contributed by atoms with Gasteiger partial charge in [0.05, 0.1) is 11.1 Å². The lowest BCUT2D eigenvalue weighted by Crippen LogP contribution is -2.09. The van der Waals surface area contributed by atoms with Crippen LogP contribution in [0.2, 0.25) is 0 Å². The zero-order valence-electron chi connectivity index (χ0n) is 13.7. The first-order valence-electron chi connectivity index (χ1n) is 7.75. The van der Waals surface area contributed by atoms with Crippen molar-refractivity contribution in [2.45, 2.75) is 0 Å². The van der Waals surface area contributed by atoms with E-state index in [0.29, 0.717) is 28.1 Å². The van der Waals surface area contributed by atoms with Crippen LogP contribution >= 0.6 is 0 Å². The Morgan fingerprint density at radius 3 is 2.35 bits per heavy atom. The fraction of sp³-hybridized carbons (Fsp3) is 0. The van der Waals surface area contributed by atoms with E-state index >= 15 is 0 Å². The molecule has 0 atom stereocenters. The summed E-state index contributed by atoms with van der Waals surface area (Å²) >= 11 is 0. The number of hydrogen-bond donors (Lipinski definition) is 3. The number of carbonyl (C=O) groups excluding carboxylic acids is 1. The maximum atomic E-state index is 12.4. The number of aromatic carboxylic acids is 1. The van der Waals surface area contributed by atoms with E-state index in [2.05, 4.69) is 0 Å². The van der Waals surface area contributed by atoms with Crippen LogP contribution in [0.5, 0.6) is 5.75 Å². The topological polar surface area (TPSA) is 116 Å². The lowest BCUT2D eigenvalue weighted by Gasteiger charge is -2.12. The van der Waals surface area contributed by atoms with Gasteiger partial charge in [0, 0.05) is 16.9 Å². The number of para-hydroxylation sites is 1. The molecule has 0 bridgehead atoms. The van der Waals surface area contributed by atoms with Gasteiger partial charge in [-0.1, -0.05) is 30.3 Å². The Morgan fingerprint density at radius 2 is 1.65 bits per heavy atom. The average Bonchev–Trinajstić information content (AvgIpc) is 2.61. The Labute approximate surface area is 149 Å². The molecular formula is C20H16N2O4. The molecule has 0 spiro atoms. The van der Waals surface area contributed by atoms with Crippen LogP contribution in [0.4, 0.5) is 11.4 Å². The second-order valence-corrected chi connectivity index (χ2v) is 5.62. The molecule has 6 nitrogen and oxygen atoms in total. The summed E-state index contributed by atoms with van der Waals surface area (Å²) in [6, 6.07) is 18.0. The molecular weight excluding hydrogens is 332 g/mol. The monoisotopic (exact) mass is 348 g/mol. The van der Waals surface area contributed by atoms with Crippen LogP contribution in [-0.4, -0.2) is 17.0 Å². The van der Waals surface area contributed by atoms with E-state index in [9.17, 15) is 9.59 Å². The summed E-state index contributed by atoms with van der Waals surface area (Å²) in [4.78, 5) is 23.5. The molecule has 0 saturated carbocycles. The lowest BCUT2D eigenvalue weighted by molar-refractivity contribution is 0.0695. The van der Waals surface area contributed by atoms with Crippen molar-refractivity contribution >= 4 is 23.3 Å². The van der Waals surface area contributed by atoms with Gasteiger partial charge >= 0.3 is 11.9 Å². The molecule has 0 aliphatic rings. The highest BCUT2D eigenvalue weighted by Crippen LogP contribution is 2.32. The molecule has 26 heavy (non-hydrogen) atoms. The molecule has 3 aromatic rings. The molecule has 130 valence electrons. The van der Waals surface area contributed by atoms with Crippen molar-refractivity contribution in [1.82, 2.24) is 0 Å². The van der Waals surface area contributed by atoms with Crippen molar-refractivity contribution < 1.29 is 19.4 Å². The fourth-order valence-electron chi connectivity index (χ4n) is 2.54. The van der Waals surface area contributed by atoms with Crippen molar-refractivity contribution in [1.29, 1.82) is 0 Å². The molecule has 0 heterocycles. The molecule has 0 saturated heterocycles. The van der Waals surface area contributed by atoms with Gasteiger partial charge < -0.3 is 21.3 Å². The van der Waals surface area contributed by atoms with Gasteiger partial charge in [-0.25, -0.2) is 9.59 Å². The molecule has 0 unspecified atom stereocenters. The third-order valence-electron chi connectivity index (χ3n) is 3.81.